The van der Waals surface area contributed by atoms with Crippen LogP contribution in [-0.2, 0) is 14.4 Å². The number of hydrogen-bond donors (Lipinski definition) is 2. The van der Waals surface area contributed by atoms with Crippen molar-refractivity contribution in [2.45, 2.75) is 37.6 Å². The van der Waals surface area contributed by atoms with E-state index in [0.29, 0.717) is 34.9 Å². The lowest BCUT2D eigenvalue weighted by molar-refractivity contribution is -0.138. The Hall–Kier alpha value is -4.11. The van der Waals surface area contributed by atoms with Crippen molar-refractivity contribution < 1.29 is 29.0 Å². The Balaban J connectivity index is 1.62. The van der Waals surface area contributed by atoms with Crippen molar-refractivity contribution in [3.05, 3.63) is 81.7 Å². The van der Waals surface area contributed by atoms with Crippen LogP contribution in [0.3, 0.4) is 0 Å². The Bertz CT molecular complexity index is 1410. The van der Waals surface area contributed by atoms with Gasteiger partial charge in [0.05, 0.1) is 32.0 Å². The number of thiophene rings is 1. The summed E-state index contributed by atoms with van der Waals surface area (Å²) in [5.41, 5.74) is 3.59. The molecule has 2 N–H and O–H groups in total. The van der Waals surface area contributed by atoms with Gasteiger partial charge in [-0.05, 0) is 53.6 Å². The normalized spacial score (nSPS) is 18.7. The second-order valence-corrected chi connectivity index (χ2v) is 10.2. The number of nitrogens with zero attached hydrogens (tertiary/aromatic N) is 1. The summed E-state index contributed by atoms with van der Waals surface area (Å²) in [6, 6.07) is 16.3. The first-order chi connectivity index (χ1) is 18.4. The number of Topliss-reactive ketones (excluding diaryl/α,β-unsaturated/α-hetero) is 1. The number of methoxy groups -OCH3 is 2. The van der Waals surface area contributed by atoms with E-state index in [9.17, 15) is 19.5 Å². The molecule has 8 nitrogen and oxygen atoms in total. The number of anilines is 2. The van der Waals surface area contributed by atoms with Gasteiger partial charge in [0.25, 0.3) is 0 Å². The van der Waals surface area contributed by atoms with E-state index >= 15 is 0 Å². The first kappa shape index (κ1) is 25.5. The zero-order valence-corrected chi connectivity index (χ0v) is 21.9. The minimum Gasteiger partial charge on any atom is -0.493 e. The summed E-state index contributed by atoms with van der Waals surface area (Å²) < 4.78 is 10.9. The predicted molar refractivity (Wildman–Crippen MR) is 145 cm³/mol. The number of aliphatic carboxylic acids is 1. The van der Waals surface area contributed by atoms with E-state index in [1.54, 1.807) is 19.1 Å². The van der Waals surface area contributed by atoms with Crippen LogP contribution in [0.5, 0.6) is 11.5 Å². The number of ketones is 1. The van der Waals surface area contributed by atoms with Gasteiger partial charge in [-0.15, -0.1) is 11.3 Å². The topological polar surface area (TPSA) is 105 Å². The Kier molecular flexibility index (Phi) is 7.20. The molecular formula is C29H28N2O6S. The standard InChI is InChI=1S/C29H28N2O6S/c1-36-23-10-9-17(16-24(23)37-2)18-14-20-28(22(32)15-18)29(25-8-5-13-38-25)31(26(33)11-12-27(34)35)21-7-4-3-6-19(21)30-20/h3-10,13,16,18,29-30H,11-12,14-15H2,1-2H3,(H,34,35)/t18-,29+/m0/s1. The molecule has 3 aromatic rings. The van der Waals surface area contributed by atoms with E-state index in [1.165, 1.54) is 11.3 Å². The predicted octanol–water partition coefficient (Wildman–Crippen LogP) is 5.53. The number of carboxylic acids is 1. The van der Waals surface area contributed by atoms with E-state index in [2.05, 4.69) is 5.32 Å². The Morgan fingerprint density at radius 3 is 2.53 bits per heavy atom. The average molecular weight is 533 g/mol. The highest BCUT2D eigenvalue weighted by atomic mass is 32.1. The summed E-state index contributed by atoms with van der Waals surface area (Å²) >= 11 is 1.47. The van der Waals surface area contributed by atoms with Crippen molar-refractivity contribution in [1.82, 2.24) is 0 Å². The molecule has 1 aliphatic carbocycles. The van der Waals surface area contributed by atoms with E-state index in [4.69, 9.17) is 9.47 Å². The molecule has 2 atom stereocenters. The molecule has 1 aliphatic heterocycles. The molecule has 0 radical (unpaired) electrons. The molecule has 38 heavy (non-hydrogen) atoms. The summed E-state index contributed by atoms with van der Waals surface area (Å²) in [5, 5.41) is 14.6. The smallest absolute Gasteiger partial charge is 0.303 e. The number of benzene rings is 2. The molecule has 0 unspecified atom stereocenters. The van der Waals surface area contributed by atoms with Crippen molar-refractivity contribution in [3.63, 3.8) is 0 Å². The minimum absolute atomic E-state index is 0.0548. The maximum Gasteiger partial charge on any atom is 0.303 e. The molecule has 2 heterocycles. The average Bonchev–Trinajstić information content (AvgIpc) is 3.40. The van der Waals surface area contributed by atoms with E-state index in [1.807, 2.05) is 60.0 Å². The van der Waals surface area contributed by atoms with Crippen LogP contribution in [0.1, 0.15) is 48.1 Å². The summed E-state index contributed by atoms with van der Waals surface area (Å²) in [6.45, 7) is 0. The number of hydrogen-bond acceptors (Lipinski definition) is 7. The lowest BCUT2D eigenvalue weighted by Gasteiger charge is -2.34. The number of nitrogens with one attached hydrogen (secondary N) is 1. The monoisotopic (exact) mass is 532 g/mol. The van der Waals surface area contributed by atoms with Crippen molar-refractivity contribution in [1.29, 1.82) is 0 Å². The fourth-order valence-corrected chi connectivity index (χ4v) is 6.08. The Morgan fingerprint density at radius 1 is 1.03 bits per heavy atom. The highest BCUT2D eigenvalue weighted by Crippen LogP contribution is 2.48. The molecule has 196 valence electrons. The Morgan fingerprint density at radius 2 is 1.82 bits per heavy atom. The number of carbonyl (C=O) groups excluding carboxylic acids is 2. The highest BCUT2D eigenvalue weighted by molar-refractivity contribution is 7.10. The van der Waals surface area contributed by atoms with Crippen LogP contribution in [0.15, 0.2) is 71.2 Å². The first-order valence-electron chi connectivity index (χ1n) is 12.3. The molecule has 1 aromatic heterocycles. The number of carbonyl (C=O) groups is 3. The van der Waals surface area contributed by atoms with Crippen LogP contribution >= 0.6 is 11.3 Å². The maximum atomic E-state index is 14.0. The minimum atomic E-state index is -1.04. The molecule has 0 saturated heterocycles. The number of rotatable bonds is 7. The number of ether oxygens (including phenoxy) is 2. The summed E-state index contributed by atoms with van der Waals surface area (Å²) in [5.74, 6) is -0.321. The van der Waals surface area contributed by atoms with Crippen LogP contribution in [0.2, 0.25) is 0 Å². The number of para-hydroxylation sites is 2. The molecular weight excluding hydrogens is 504 g/mol. The van der Waals surface area contributed by atoms with Crippen LogP contribution < -0.4 is 19.7 Å². The third kappa shape index (κ3) is 4.77. The van der Waals surface area contributed by atoms with Gasteiger partial charge in [0, 0.05) is 29.0 Å². The van der Waals surface area contributed by atoms with Crippen molar-refractivity contribution in [3.8, 4) is 11.5 Å². The molecule has 2 aliphatic rings. The third-order valence-corrected chi connectivity index (χ3v) is 7.93. The zero-order valence-electron chi connectivity index (χ0n) is 21.1. The van der Waals surface area contributed by atoms with Gasteiger partial charge >= 0.3 is 5.97 Å². The first-order valence-corrected chi connectivity index (χ1v) is 13.2. The quantitative estimate of drug-likeness (QED) is 0.412. The fraction of sp³-hybridized carbons (Fsp3) is 0.276. The van der Waals surface area contributed by atoms with Crippen molar-refractivity contribution >= 4 is 40.4 Å². The molecule has 9 heteroatoms. The van der Waals surface area contributed by atoms with Crippen LogP contribution in [0.4, 0.5) is 11.4 Å². The van der Waals surface area contributed by atoms with E-state index < -0.39 is 12.0 Å². The van der Waals surface area contributed by atoms with Gasteiger partial charge in [-0.2, -0.15) is 0 Å². The number of carboxylic acid groups (broad SMARTS) is 1. The molecule has 1 amide bonds. The van der Waals surface area contributed by atoms with Gasteiger partial charge in [0.2, 0.25) is 5.91 Å². The second-order valence-electron chi connectivity index (χ2n) is 9.25. The zero-order chi connectivity index (χ0) is 26.8. The number of allylic oxidation sites excluding steroid dienone is 1. The van der Waals surface area contributed by atoms with Gasteiger partial charge in [-0.1, -0.05) is 24.3 Å². The highest BCUT2D eigenvalue weighted by Gasteiger charge is 2.42. The molecule has 0 bridgehead atoms. The summed E-state index contributed by atoms with van der Waals surface area (Å²) in [6.07, 6.45) is 0.370. The lowest BCUT2D eigenvalue weighted by atomic mass is 9.79. The SMILES string of the molecule is COc1ccc([C@@H]2CC(=O)C3=C(C2)Nc2ccccc2N(C(=O)CCC(=O)O)[C@@H]3c2cccs2)cc1OC. The molecule has 5 rings (SSSR count). The van der Waals surface area contributed by atoms with Crippen LogP contribution in [-0.4, -0.2) is 37.0 Å². The maximum absolute atomic E-state index is 14.0. The molecule has 0 fully saturated rings. The second kappa shape index (κ2) is 10.7. The molecule has 0 spiro atoms. The number of amides is 1. The molecule has 2 aromatic carbocycles. The van der Waals surface area contributed by atoms with Gasteiger partial charge in [-0.3, -0.25) is 19.3 Å². The molecule has 0 saturated carbocycles. The summed E-state index contributed by atoms with van der Waals surface area (Å²) in [4.78, 5) is 41.3. The van der Waals surface area contributed by atoms with Gasteiger partial charge in [-0.25, -0.2) is 0 Å². The lowest BCUT2D eigenvalue weighted by Crippen LogP contribution is -2.38. The van der Waals surface area contributed by atoms with Crippen LogP contribution in [0.25, 0.3) is 0 Å². The van der Waals surface area contributed by atoms with Gasteiger partial charge < -0.3 is 19.9 Å². The fourth-order valence-electron chi connectivity index (χ4n) is 5.26. The van der Waals surface area contributed by atoms with Crippen LogP contribution in [0, 0.1) is 0 Å². The summed E-state index contributed by atoms with van der Waals surface area (Å²) in [7, 11) is 3.17. The third-order valence-electron chi connectivity index (χ3n) is 7.00. The van der Waals surface area contributed by atoms with E-state index in [-0.39, 0.29) is 36.9 Å². The van der Waals surface area contributed by atoms with E-state index in [0.717, 1.165) is 16.1 Å². The van der Waals surface area contributed by atoms with Gasteiger partial charge in [0.15, 0.2) is 17.3 Å². The number of fused-ring (bicyclic) bond motifs is 1. The largest absolute Gasteiger partial charge is 0.493 e. The van der Waals surface area contributed by atoms with Crippen molar-refractivity contribution in [2.24, 2.45) is 0 Å². The van der Waals surface area contributed by atoms with Gasteiger partial charge in [0.1, 0.15) is 6.04 Å². The van der Waals surface area contributed by atoms with Crippen molar-refractivity contribution in [2.75, 3.05) is 24.4 Å². The Labute approximate surface area is 224 Å².